The van der Waals surface area contributed by atoms with Gasteiger partial charge in [0.05, 0.1) is 17.6 Å². The minimum Gasteiger partial charge on any atom is -0.464 e. The number of nitrogens with one attached hydrogen (secondary N) is 1. The van der Waals surface area contributed by atoms with Crippen molar-refractivity contribution in [2.24, 2.45) is 0 Å². The molecule has 0 radical (unpaired) electrons. The van der Waals surface area contributed by atoms with Crippen molar-refractivity contribution in [3.05, 3.63) is 65.0 Å². The Bertz CT molecular complexity index is 1070. The number of nitriles is 1. The Balaban J connectivity index is 1.60. The van der Waals surface area contributed by atoms with Crippen molar-refractivity contribution < 1.29 is 9.21 Å². The first-order chi connectivity index (χ1) is 14.2. The van der Waals surface area contributed by atoms with Crippen LogP contribution in [0.15, 0.2) is 52.1 Å². The second-order valence-corrected chi connectivity index (χ2v) is 8.06. The van der Waals surface area contributed by atoms with Crippen molar-refractivity contribution in [1.29, 1.82) is 5.26 Å². The number of benzene rings is 1. The Kier molecular flexibility index (Phi) is 5.68. The largest absolute Gasteiger partial charge is 0.464 e. The van der Waals surface area contributed by atoms with Gasteiger partial charge >= 0.3 is 0 Å². The molecule has 146 valence electrons. The third-order valence-corrected chi connectivity index (χ3v) is 5.97. The van der Waals surface area contributed by atoms with Crippen LogP contribution in [0.3, 0.4) is 0 Å². The molecule has 0 saturated carbocycles. The van der Waals surface area contributed by atoms with Gasteiger partial charge in [-0.05, 0) is 62.4 Å². The summed E-state index contributed by atoms with van der Waals surface area (Å²) in [7, 11) is 0. The lowest BCUT2D eigenvalue weighted by Crippen LogP contribution is -2.15. The highest BCUT2D eigenvalue weighted by Crippen LogP contribution is 2.38. The molecule has 0 bridgehead atoms. The van der Waals surface area contributed by atoms with Crippen LogP contribution in [0.4, 0.5) is 5.69 Å². The van der Waals surface area contributed by atoms with Crippen molar-refractivity contribution in [1.82, 2.24) is 4.98 Å². The van der Waals surface area contributed by atoms with Gasteiger partial charge in [0.1, 0.15) is 16.9 Å². The van der Waals surface area contributed by atoms with E-state index in [2.05, 4.69) is 11.4 Å². The van der Waals surface area contributed by atoms with Crippen LogP contribution in [0, 0.1) is 18.3 Å². The van der Waals surface area contributed by atoms with Crippen LogP contribution < -0.4 is 5.32 Å². The number of amides is 1. The number of aryl methyl sites for hydroxylation is 2. The summed E-state index contributed by atoms with van der Waals surface area (Å²) in [6.45, 7) is 2.00. The fourth-order valence-corrected chi connectivity index (χ4v) is 4.39. The van der Waals surface area contributed by atoms with Crippen LogP contribution in [0.1, 0.15) is 35.2 Å². The van der Waals surface area contributed by atoms with Crippen molar-refractivity contribution in [2.45, 2.75) is 37.6 Å². The molecule has 1 amide bonds. The molecule has 29 heavy (non-hydrogen) atoms. The van der Waals surface area contributed by atoms with Gasteiger partial charge in [-0.1, -0.05) is 29.5 Å². The SMILES string of the molecule is Cc1ccc(NC(=O)CSc2nc3c(c(-c4ccco4)c2C#N)CCCC3)cc1. The van der Waals surface area contributed by atoms with Crippen LogP contribution in [-0.2, 0) is 17.6 Å². The highest BCUT2D eigenvalue weighted by Gasteiger charge is 2.24. The van der Waals surface area contributed by atoms with E-state index in [0.29, 0.717) is 16.3 Å². The van der Waals surface area contributed by atoms with Gasteiger partial charge in [-0.15, -0.1) is 0 Å². The number of fused-ring (bicyclic) bond motifs is 1. The Morgan fingerprint density at radius 3 is 2.76 bits per heavy atom. The molecular formula is C23H21N3O2S. The quantitative estimate of drug-likeness (QED) is 0.597. The number of thioether (sulfide) groups is 1. The van der Waals surface area contributed by atoms with E-state index in [1.165, 1.54) is 11.8 Å². The van der Waals surface area contributed by atoms with Crippen molar-refractivity contribution in [2.75, 3.05) is 11.1 Å². The number of furan rings is 1. The maximum atomic E-state index is 12.4. The number of carbonyl (C=O) groups excluding carboxylic acids is 1. The zero-order chi connectivity index (χ0) is 20.2. The first-order valence-corrected chi connectivity index (χ1v) is 10.6. The average Bonchev–Trinajstić information content (AvgIpc) is 3.27. The van der Waals surface area contributed by atoms with Crippen LogP contribution in [0.2, 0.25) is 0 Å². The van der Waals surface area contributed by atoms with Crippen LogP contribution in [-0.4, -0.2) is 16.6 Å². The summed E-state index contributed by atoms with van der Waals surface area (Å²) in [5.74, 6) is 0.751. The minimum atomic E-state index is -0.123. The fourth-order valence-electron chi connectivity index (χ4n) is 3.59. The lowest BCUT2D eigenvalue weighted by Gasteiger charge is -2.20. The topological polar surface area (TPSA) is 78.9 Å². The second-order valence-electron chi connectivity index (χ2n) is 7.09. The minimum absolute atomic E-state index is 0.123. The van der Waals surface area contributed by atoms with Gasteiger partial charge in [-0.3, -0.25) is 4.79 Å². The Morgan fingerprint density at radius 2 is 2.03 bits per heavy atom. The molecule has 5 nitrogen and oxygen atoms in total. The van der Waals surface area contributed by atoms with E-state index in [1.54, 1.807) is 6.26 Å². The molecule has 0 unspecified atom stereocenters. The Hall–Kier alpha value is -3.04. The number of nitrogens with zero attached hydrogens (tertiary/aromatic N) is 2. The third kappa shape index (κ3) is 4.20. The maximum Gasteiger partial charge on any atom is 0.234 e. The summed E-state index contributed by atoms with van der Waals surface area (Å²) in [6.07, 6.45) is 5.57. The number of aromatic nitrogens is 1. The van der Waals surface area contributed by atoms with E-state index >= 15 is 0 Å². The molecule has 1 N–H and O–H groups in total. The van der Waals surface area contributed by atoms with Gasteiger partial charge in [0.2, 0.25) is 5.91 Å². The van der Waals surface area contributed by atoms with E-state index in [1.807, 2.05) is 43.3 Å². The molecule has 1 aliphatic rings. The Morgan fingerprint density at radius 1 is 1.24 bits per heavy atom. The van der Waals surface area contributed by atoms with Gasteiger partial charge in [0.15, 0.2) is 0 Å². The van der Waals surface area contributed by atoms with E-state index in [-0.39, 0.29) is 11.7 Å². The molecule has 2 heterocycles. The number of hydrogen-bond acceptors (Lipinski definition) is 5. The highest BCUT2D eigenvalue weighted by atomic mass is 32.2. The molecule has 0 fully saturated rings. The summed E-state index contributed by atoms with van der Waals surface area (Å²) >= 11 is 1.30. The van der Waals surface area contributed by atoms with E-state index < -0.39 is 0 Å². The van der Waals surface area contributed by atoms with Crippen LogP contribution in [0.5, 0.6) is 0 Å². The summed E-state index contributed by atoms with van der Waals surface area (Å²) < 4.78 is 5.63. The first-order valence-electron chi connectivity index (χ1n) is 9.64. The average molecular weight is 404 g/mol. The van der Waals surface area contributed by atoms with Gasteiger partial charge in [0, 0.05) is 16.9 Å². The second kappa shape index (κ2) is 8.54. The zero-order valence-corrected chi connectivity index (χ0v) is 17.0. The van der Waals surface area contributed by atoms with E-state index in [9.17, 15) is 10.1 Å². The van der Waals surface area contributed by atoms with Gasteiger partial charge in [-0.25, -0.2) is 4.98 Å². The van der Waals surface area contributed by atoms with Gasteiger partial charge < -0.3 is 9.73 Å². The molecule has 3 aromatic rings. The molecular weight excluding hydrogens is 382 g/mol. The molecule has 0 aliphatic heterocycles. The molecule has 4 rings (SSSR count). The fraction of sp³-hybridized carbons (Fsp3) is 0.261. The molecule has 1 aliphatic carbocycles. The number of hydrogen-bond donors (Lipinski definition) is 1. The number of anilines is 1. The summed E-state index contributed by atoms with van der Waals surface area (Å²) in [5.41, 5.74) is 5.35. The van der Waals surface area contributed by atoms with E-state index in [4.69, 9.17) is 9.40 Å². The summed E-state index contributed by atoms with van der Waals surface area (Å²) in [4.78, 5) is 17.2. The van der Waals surface area contributed by atoms with Gasteiger partial charge in [-0.2, -0.15) is 5.26 Å². The van der Waals surface area contributed by atoms with Crippen molar-refractivity contribution in [3.63, 3.8) is 0 Å². The lowest BCUT2D eigenvalue weighted by atomic mass is 9.89. The summed E-state index contributed by atoms with van der Waals surface area (Å²) in [5, 5.41) is 13.4. The van der Waals surface area contributed by atoms with Crippen molar-refractivity contribution >= 4 is 23.4 Å². The molecule has 2 aromatic heterocycles. The summed E-state index contributed by atoms with van der Waals surface area (Å²) in [6, 6.07) is 13.7. The number of carbonyl (C=O) groups is 1. The van der Waals surface area contributed by atoms with E-state index in [0.717, 1.165) is 53.8 Å². The smallest absolute Gasteiger partial charge is 0.234 e. The van der Waals surface area contributed by atoms with Crippen LogP contribution >= 0.6 is 11.8 Å². The standard InChI is InChI=1S/C23H21N3O2S/c1-15-8-10-16(11-9-15)25-21(27)14-29-23-18(13-24)22(20-7-4-12-28-20)17-5-2-3-6-19(17)26-23/h4,7-12H,2-3,5-6,14H2,1H3,(H,25,27). The molecule has 0 saturated heterocycles. The molecule has 0 atom stereocenters. The lowest BCUT2D eigenvalue weighted by molar-refractivity contribution is -0.113. The molecule has 1 aromatic carbocycles. The normalized spacial score (nSPS) is 12.8. The maximum absolute atomic E-state index is 12.4. The van der Waals surface area contributed by atoms with Crippen molar-refractivity contribution in [3.8, 4) is 17.4 Å². The number of pyridine rings is 1. The Labute approximate surface area is 174 Å². The first kappa shape index (κ1) is 19.3. The predicted molar refractivity (Wildman–Crippen MR) is 114 cm³/mol. The highest BCUT2D eigenvalue weighted by molar-refractivity contribution is 8.00. The van der Waals surface area contributed by atoms with Gasteiger partial charge in [0.25, 0.3) is 0 Å². The monoisotopic (exact) mass is 403 g/mol. The predicted octanol–water partition coefficient (Wildman–Crippen LogP) is 5.13. The van der Waals surface area contributed by atoms with Crippen LogP contribution in [0.25, 0.3) is 11.3 Å². The molecule has 6 heteroatoms. The zero-order valence-electron chi connectivity index (χ0n) is 16.2. The molecule has 0 spiro atoms. The third-order valence-electron chi connectivity index (χ3n) is 5.00. The number of rotatable bonds is 5.